The second-order valence-corrected chi connectivity index (χ2v) is 5.04. The number of nitrogens with zero attached hydrogens (tertiary/aromatic N) is 4. The molecule has 0 bridgehead atoms. The summed E-state index contributed by atoms with van der Waals surface area (Å²) in [7, 11) is 0. The Bertz CT molecular complexity index is 798. The molecule has 3 N–H and O–H groups in total. The zero-order valence-electron chi connectivity index (χ0n) is 12.1. The zero-order valence-corrected chi connectivity index (χ0v) is 12.1. The Balaban J connectivity index is 1.90. The van der Waals surface area contributed by atoms with Crippen LogP contribution in [0.2, 0.25) is 0 Å². The maximum absolute atomic E-state index is 11.8. The maximum atomic E-state index is 11.8. The predicted molar refractivity (Wildman–Crippen MR) is 82.3 cm³/mol. The number of nitrogens with one attached hydrogen (secondary N) is 1. The van der Waals surface area contributed by atoms with Crippen molar-refractivity contribution in [3.63, 3.8) is 0 Å². The highest BCUT2D eigenvalue weighted by atomic mass is 16.1. The van der Waals surface area contributed by atoms with Crippen LogP contribution in [0.4, 0.5) is 5.82 Å². The summed E-state index contributed by atoms with van der Waals surface area (Å²) in [6.45, 7) is 1.86. The van der Waals surface area contributed by atoms with E-state index in [1.807, 2.05) is 43.3 Å². The van der Waals surface area contributed by atoms with Crippen LogP contribution in [0.3, 0.4) is 0 Å². The van der Waals surface area contributed by atoms with Gasteiger partial charge < -0.3 is 11.1 Å². The Morgan fingerprint density at radius 3 is 2.86 bits per heavy atom. The van der Waals surface area contributed by atoms with Crippen LogP contribution in [0.15, 0.2) is 42.7 Å². The van der Waals surface area contributed by atoms with Crippen molar-refractivity contribution in [2.45, 2.75) is 19.4 Å². The fourth-order valence-corrected chi connectivity index (χ4v) is 2.28. The van der Waals surface area contributed by atoms with Crippen LogP contribution in [-0.2, 0) is 11.2 Å². The third kappa shape index (κ3) is 2.88. The summed E-state index contributed by atoms with van der Waals surface area (Å²) in [6.07, 6.45) is 1.91. The summed E-state index contributed by atoms with van der Waals surface area (Å²) < 4.78 is 1.55. The number of nitrogens with two attached hydrogens (primary N) is 1. The van der Waals surface area contributed by atoms with Crippen LogP contribution < -0.4 is 11.1 Å². The van der Waals surface area contributed by atoms with Gasteiger partial charge in [0.15, 0.2) is 0 Å². The molecule has 0 radical (unpaired) electrons. The molecule has 0 aliphatic carbocycles. The second-order valence-electron chi connectivity index (χ2n) is 5.04. The van der Waals surface area contributed by atoms with Gasteiger partial charge in [0, 0.05) is 18.2 Å². The SMILES string of the molecule is Cc1cc(NC(Cc2ccccc2)C(N)=O)n2ncnc2n1. The highest BCUT2D eigenvalue weighted by molar-refractivity contribution is 5.83. The number of fused-ring (bicyclic) bond motifs is 1. The number of hydrogen-bond donors (Lipinski definition) is 2. The van der Waals surface area contributed by atoms with E-state index in [1.54, 1.807) is 4.52 Å². The summed E-state index contributed by atoms with van der Waals surface area (Å²) >= 11 is 0. The Kier molecular flexibility index (Phi) is 3.69. The van der Waals surface area contributed by atoms with Gasteiger partial charge in [-0.2, -0.15) is 14.6 Å². The van der Waals surface area contributed by atoms with Crippen molar-refractivity contribution < 1.29 is 4.79 Å². The summed E-state index contributed by atoms with van der Waals surface area (Å²) in [5.74, 6) is 0.691. The Labute approximate surface area is 127 Å². The molecule has 3 rings (SSSR count). The molecule has 1 unspecified atom stereocenters. The lowest BCUT2D eigenvalue weighted by atomic mass is 10.1. The predicted octanol–water partition coefficient (Wildman–Crippen LogP) is 0.941. The van der Waals surface area contributed by atoms with Gasteiger partial charge in [-0.15, -0.1) is 0 Å². The third-order valence-corrected chi connectivity index (χ3v) is 3.33. The van der Waals surface area contributed by atoms with Crippen molar-refractivity contribution in [1.29, 1.82) is 0 Å². The van der Waals surface area contributed by atoms with E-state index in [-0.39, 0.29) is 0 Å². The van der Waals surface area contributed by atoms with Crippen molar-refractivity contribution in [2.24, 2.45) is 5.73 Å². The molecule has 7 nitrogen and oxygen atoms in total. The van der Waals surface area contributed by atoms with Crippen molar-refractivity contribution in [1.82, 2.24) is 19.6 Å². The monoisotopic (exact) mass is 296 g/mol. The van der Waals surface area contributed by atoms with Gasteiger partial charge in [-0.3, -0.25) is 4.79 Å². The Hall–Kier alpha value is -2.96. The third-order valence-electron chi connectivity index (χ3n) is 3.33. The zero-order chi connectivity index (χ0) is 15.5. The molecule has 1 atom stereocenters. The number of aromatic nitrogens is 4. The molecule has 0 spiro atoms. The van der Waals surface area contributed by atoms with E-state index in [1.165, 1.54) is 6.33 Å². The normalized spacial score (nSPS) is 12.2. The van der Waals surface area contributed by atoms with E-state index < -0.39 is 11.9 Å². The first-order chi connectivity index (χ1) is 10.6. The van der Waals surface area contributed by atoms with Gasteiger partial charge in [-0.05, 0) is 12.5 Å². The summed E-state index contributed by atoms with van der Waals surface area (Å²) in [6, 6.07) is 11.0. The first kappa shape index (κ1) is 14.0. The lowest BCUT2D eigenvalue weighted by Gasteiger charge is -2.17. The highest BCUT2D eigenvalue weighted by Crippen LogP contribution is 2.13. The van der Waals surface area contributed by atoms with Crippen molar-refractivity contribution in [3.05, 3.63) is 54.0 Å². The molecule has 2 heterocycles. The number of aryl methyl sites for hydroxylation is 1. The van der Waals surface area contributed by atoms with Crippen LogP contribution in [0.5, 0.6) is 0 Å². The summed E-state index contributed by atoms with van der Waals surface area (Å²) in [4.78, 5) is 20.1. The number of rotatable bonds is 5. The Morgan fingerprint density at radius 2 is 2.14 bits per heavy atom. The van der Waals surface area contributed by atoms with Gasteiger partial charge in [0.05, 0.1) is 0 Å². The molecule has 0 fully saturated rings. The van der Waals surface area contributed by atoms with Gasteiger partial charge in [-0.1, -0.05) is 30.3 Å². The van der Waals surface area contributed by atoms with E-state index in [0.29, 0.717) is 18.0 Å². The van der Waals surface area contributed by atoms with Crippen molar-refractivity contribution in [3.8, 4) is 0 Å². The van der Waals surface area contributed by atoms with Crippen LogP contribution in [0.1, 0.15) is 11.3 Å². The number of hydrogen-bond acceptors (Lipinski definition) is 5. The molecule has 0 saturated carbocycles. The molecule has 0 aliphatic rings. The highest BCUT2D eigenvalue weighted by Gasteiger charge is 2.18. The average molecular weight is 296 g/mol. The molecule has 112 valence electrons. The van der Waals surface area contributed by atoms with Crippen molar-refractivity contribution in [2.75, 3.05) is 5.32 Å². The van der Waals surface area contributed by atoms with E-state index in [9.17, 15) is 4.79 Å². The van der Waals surface area contributed by atoms with Crippen molar-refractivity contribution >= 4 is 17.5 Å². The van der Waals surface area contributed by atoms with Gasteiger partial charge in [0.2, 0.25) is 5.91 Å². The van der Waals surface area contributed by atoms with Gasteiger partial charge >= 0.3 is 0 Å². The van der Waals surface area contributed by atoms with Crippen LogP contribution in [0, 0.1) is 6.92 Å². The van der Waals surface area contributed by atoms with Crippen LogP contribution in [-0.4, -0.2) is 31.5 Å². The largest absolute Gasteiger partial charge is 0.368 e. The fourth-order valence-electron chi connectivity index (χ4n) is 2.28. The molecule has 22 heavy (non-hydrogen) atoms. The number of carbonyl (C=O) groups is 1. The lowest BCUT2D eigenvalue weighted by Crippen LogP contribution is -2.37. The molecule has 0 saturated heterocycles. The minimum Gasteiger partial charge on any atom is -0.368 e. The van der Waals surface area contributed by atoms with E-state index in [0.717, 1.165) is 11.3 Å². The van der Waals surface area contributed by atoms with E-state index in [4.69, 9.17) is 5.73 Å². The molecule has 1 amide bonds. The molecule has 1 aromatic carbocycles. The molecule has 7 heteroatoms. The summed E-state index contributed by atoms with van der Waals surface area (Å²) in [5.41, 5.74) is 7.34. The first-order valence-corrected chi connectivity index (χ1v) is 6.90. The van der Waals surface area contributed by atoms with Crippen LogP contribution >= 0.6 is 0 Å². The second kappa shape index (κ2) is 5.80. The first-order valence-electron chi connectivity index (χ1n) is 6.90. The number of amides is 1. The standard InChI is InChI=1S/C15H16N6O/c1-10-7-13(21-15(19-10)17-9-18-21)20-12(14(16)22)8-11-5-3-2-4-6-11/h2-7,9,12,20H,8H2,1H3,(H2,16,22). The minimum atomic E-state index is -0.545. The number of primary amides is 1. The number of carbonyl (C=O) groups excluding carboxylic acids is 1. The quantitative estimate of drug-likeness (QED) is 0.730. The van der Waals surface area contributed by atoms with E-state index in [2.05, 4.69) is 20.4 Å². The maximum Gasteiger partial charge on any atom is 0.254 e. The molecular formula is C15H16N6O. The molecule has 3 aromatic rings. The summed E-state index contributed by atoms with van der Waals surface area (Å²) in [5, 5.41) is 7.25. The van der Waals surface area contributed by atoms with Crippen LogP contribution in [0.25, 0.3) is 5.78 Å². The lowest BCUT2D eigenvalue weighted by molar-refractivity contribution is -0.118. The van der Waals surface area contributed by atoms with Gasteiger partial charge in [0.1, 0.15) is 18.2 Å². The fraction of sp³-hybridized carbons (Fsp3) is 0.200. The molecule has 2 aromatic heterocycles. The number of anilines is 1. The van der Waals surface area contributed by atoms with E-state index >= 15 is 0 Å². The minimum absolute atomic E-state index is 0.424. The molecule has 0 aliphatic heterocycles. The Morgan fingerprint density at radius 1 is 1.36 bits per heavy atom. The molecular weight excluding hydrogens is 280 g/mol. The van der Waals surface area contributed by atoms with Gasteiger partial charge in [-0.25, -0.2) is 4.98 Å². The number of benzene rings is 1. The average Bonchev–Trinajstić information content (AvgIpc) is 2.95. The topological polar surface area (TPSA) is 98.2 Å². The van der Waals surface area contributed by atoms with Gasteiger partial charge in [0.25, 0.3) is 5.78 Å². The smallest absolute Gasteiger partial charge is 0.254 e.